The minimum absolute atomic E-state index is 0.0236. The molecule has 29 heteroatoms. The van der Waals surface area contributed by atoms with Gasteiger partial charge in [0.05, 0.1) is 49.8 Å². The van der Waals surface area contributed by atoms with Crippen molar-refractivity contribution in [1.29, 1.82) is 0 Å². The number of carboxylic acid groups (broad SMARTS) is 2. The molecule has 9 N–H and O–H groups in total. The lowest BCUT2D eigenvalue weighted by Gasteiger charge is -2.30. The van der Waals surface area contributed by atoms with Crippen molar-refractivity contribution < 1.29 is 67.6 Å². The third-order valence-electron chi connectivity index (χ3n) is 17.7. The van der Waals surface area contributed by atoms with E-state index in [9.17, 15) is 58.2 Å². The lowest BCUT2D eigenvalue weighted by molar-refractivity contribution is -0.143. The van der Waals surface area contributed by atoms with E-state index in [2.05, 4.69) is 57.8 Å². The van der Waals surface area contributed by atoms with E-state index >= 15 is 0 Å². The van der Waals surface area contributed by atoms with E-state index in [0.717, 1.165) is 0 Å². The fraction of sp³-hybridized carbons (Fsp3) is 0.479. The molecule has 6 heterocycles. The number of Topliss-reactive ketones (excluding diaryl/α,β-unsaturated/α-hetero) is 1. The monoisotopic (exact) mass is 1410 g/mol. The molecule has 548 valence electrons. The van der Waals surface area contributed by atoms with Crippen molar-refractivity contribution in [1.82, 2.24) is 77.0 Å². The molecule has 0 saturated carbocycles. The van der Waals surface area contributed by atoms with Crippen LogP contribution in [0.5, 0.6) is 11.5 Å². The van der Waals surface area contributed by atoms with Crippen LogP contribution < -0.4 is 46.7 Å². The van der Waals surface area contributed by atoms with Crippen LogP contribution in [0.15, 0.2) is 122 Å². The first kappa shape index (κ1) is 78.9. The Balaban J connectivity index is 1.13. The maximum atomic E-state index is 14.7. The molecule has 0 aliphatic carbocycles. The largest absolute Gasteiger partial charge is 0.494 e. The van der Waals surface area contributed by atoms with Gasteiger partial charge >= 0.3 is 11.9 Å². The first-order chi connectivity index (χ1) is 48.9. The molecular weight excluding hydrogens is 1310 g/mol. The number of hydrogen-bond acceptors (Lipinski definition) is 18. The quantitative estimate of drug-likeness (QED) is 0.0633. The zero-order valence-corrected chi connectivity index (χ0v) is 59.2. The van der Waals surface area contributed by atoms with Crippen molar-refractivity contribution in [3.05, 3.63) is 155 Å². The van der Waals surface area contributed by atoms with Gasteiger partial charge in [-0.15, -0.1) is 10.2 Å². The number of ketones is 1. The third kappa shape index (κ3) is 25.0. The van der Waals surface area contributed by atoms with Gasteiger partial charge in [-0.3, -0.25) is 47.7 Å². The maximum Gasteiger partial charge on any atom is 0.326 e. The van der Waals surface area contributed by atoms with Gasteiger partial charge in [0, 0.05) is 102 Å². The van der Waals surface area contributed by atoms with Crippen molar-refractivity contribution in [2.24, 2.45) is 17.8 Å². The number of nitrogens with zero attached hydrogens (tertiary/aromatic N) is 8. The summed E-state index contributed by atoms with van der Waals surface area (Å²) in [6, 6.07) is 23.4. The van der Waals surface area contributed by atoms with Gasteiger partial charge in [0.15, 0.2) is 0 Å². The number of benzene rings is 4. The number of likely N-dealkylation sites (N-methyl/N-ethyl adjacent to an activating group) is 2. The topological polar surface area (TPSA) is 382 Å². The number of aliphatic carboxylic acids is 2. The van der Waals surface area contributed by atoms with Crippen molar-refractivity contribution in [2.75, 3.05) is 53.5 Å². The average Bonchev–Trinajstić information content (AvgIpc) is 1.03. The number of amides is 7. The fourth-order valence-corrected chi connectivity index (χ4v) is 11.3. The fourth-order valence-electron chi connectivity index (χ4n) is 11.3. The van der Waals surface area contributed by atoms with Gasteiger partial charge in [0.1, 0.15) is 47.5 Å². The van der Waals surface area contributed by atoms with E-state index in [-0.39, 0.29) is 83.0 Å². The molecule has 0 fully saturated rings. The Labute approximate surface area is 594 Å². The van der Waals surface area contributed by atoms with Crippen LogP contribution in [-0.2, 0) is 99.6 Å². The van der Waals surface area contributed by atoms with Gasteiger partial charge < -0.3 is 66.7 Å². The molecule has 0 spiro atoms. The Hall–Kier alpha value is -10.4. The van der Waals surface area contributed by atoms with E-state index in [1.54, 1.807) is 173 Å². The Morgan fingerprint density at radius 2 is 0.961 bits per heavy atom. The van der Waals surface area contributed by atoms with Crippen molar-refractivity contribution in [3.63, 3.8) is 0 Å². The van der Waals surface area contributed by atoms with E-state index in [4.69, 9.17) is 9.47 Å². The summed E-state index contributed by atoms with van der Waals surface area (Å²) >= 11 is 0. The Kier molecular flexibility index (Phi) is 30.6. The molecule has 0 unspecified atom stereocenters. The SMILES string of the molecule is CN[C@@H](C)C(=O)C[C@H](C(=O)N1CCc2cn(nn2)CCCOc2ccc(cc2)C[C@@H](C(=O)O)NC(=O)[C@H](Cc2ccccc2)NC(=O)CN(C(=O)[C@@H](NC(=O)[C@H](C)NC)C(C)C)CCc2cn(nn2)CCCOc2ccc(cc2)C[C@@H](C(=O)O)NC(=O)[C@H](Cc2ccccc2)NC(=O)C1)C(C)C. The van der Waals surface area contributed by atoms with Crippen LogP contribution >= 0.6 is 0 Å². The molecule has 29 nitrogen and oxygen atoms in total. The van der Waals surface area contributed by atoms with Crippen molar-refractivity contribution in [3.8, 4) is 11.5 Å². The lowest BCUT2D eigenvalue weighted by Crippen LogP contribution is -2.57. The first-order valence-corrected chi connectivity index (χ1v) is 34.6. The van der Waals surface area contributed by atoms with Crippen molar-refractivity contribution >= 4 is 59.1 Å². The normalized spacial score (nSPS) is 19.1. The summed E-state index contributed by atoms with van der Waals surface area (Å²) in [6.45, 7) is 10.6. The molecule has 4 aliphatic heterocycles. The molecule has 8 atom stereocenters. The van der Waals surface area contributed by atoms with E-state index in [0.29, 0.717) is 71.1 Å². The van der Waals surface area contributed by atoms with Gasteiger partial charge in [0.2, 0.25) is 41.4 Å². The minimum atomic E-state index is -1.44. The predicted molar refractivity (Wildman–Crippen MR) is 376 cm³/mol. The second-order valence-electron chi connectivity index (χ2n) is 26.3. The molecule has 7 amide bonds. The van der Waals surface area contributed by atoms with Gasteiger partial charge in [0.25, 0.3) is 0 Å². The number of carbonyl (C=O) groups is 10. The zero-order chi connectivity index (χ0) is 73.8. The van der Waals surface area contributed by atoms with Crippen LogP contribution in [0.25, 0.3) is 0 Å². The zero-order valence-electron chi connectivity index (χ0n) is 59.2. The highest BCUT2D eigenvalue weighted by atomic mass is 16.5. The summed E-state index contributed by atoms with van der Waals surface area (Å²) in [6.07, 6.45) is 4.19. The second kappa shape index (κ2) is 39.5. The average molecular weight is 1410 g/mol. The number of aryl methyl sites for hydroxylation is 2. The Bertz CT molecular complexity index is 3500. The molecule has 10 rings (SSSR count). The highest BCUT2D eigenvalue weighted by Crippen LogP contribution is 2.22. The lowest BCUT2D eigenvalue weighted by atomic mass is 9.87. The number of hydrogen-bond donors (Lipinski definition) is 9. The number of ether oxygens (including phenoxy) is 2. The minimum Gasteiger partial charge on any atom is -0.494 e. The maximum absolute atomic E-state index is 14.7. The van der Waals surface area contributed by atoms with Crippen molar-refractivity contribution in [2.45, 2.75) is 155 Å². The van der Waals surface area contributed by atoms with Crippen LogP contribution in [-0.4, -0.2) is 205 Å². The standard InChI is InChI=1S/C73H97N15O14/c1-46(2)58(41-63(89)48(5)74-7)70(95)85-33-29-54-42-87(83-81-54)31-15-35-101-56-27-23-53(24-28-56)40-62(73(99)100)79-69(94)60(38-51-19-13-10-14-20-51)77-65(91)45-86(71(96)66(47(3)4)80-67(92)49(6)75-8)34-30-55-43-88(84-82-55)32-16-36-102-57-25-21-52(22-26-57)39-61(72(97)98)78-68(93)59(76-64(90)44-85)37-50-17-11-9-12-18-50/h9-14,17-28,42-43,46-49,58-62,66,74-75H,15-16,29-41,44-45H2,1-8H3,(H,76,90)(H,77,91)(H,78,93)(H,79,94)(H,80,92)(H,97,98)(H,99,100)/t48-,49-,58-,59-,60-,61-,62-,66-/m0/s1. The molecule has 8 bridgehead atoms. The Morgan fingerprint density at radius 3 is 1.35 bits per heavy atom. The molecule has 4 aromatic carbocycles. The molecule has 0 saturated heterocycles. The molecule has 0 radical (unpaired) electrons. The summed E-state index contributed by atoms with van der Waals surface area (Å²) in [5.74, 6) is -7.89. The van der Waals surface area contributed by atoms with Crippen LogP contribution in [0.1, 0.15) is 94.4 Å². The van der Waals surface area contributed by atoms with Gasteiger partial charge in [-0.1, -0.05) is 123 Å². The number of nitrogens with one attached hydrogen (secondary N) is 7. The summed E-state index contributed by atoms with van der Waals surface area (Å²) < 4.78 is 15.3. The molecule has 102 heavy (non-hydrogen) atoms. The van der Waals surface area contributed by atoms with Gasteiger partial charge in [-0.2, -0.15) is 0 Å². The molecule has 4 aliphatic rings. The Morgan fingerprint density at radius 1 is 0.539 bits per heavy atom. The van der Waals surface area contributed by atoms with Gasteiger partial charge in [-0.05, 0) is 86.3 Å². The van der Waals surface area contributed by atoms with E-state index < -0.39 is 121 Å². The molecule has 6 aromatic rings. The molecule has 2 aromatic heterocycles. The second-order valence-corrected chi connectivity index (χ2v) is 26.3. The highest BCUT2D eigenvalue weighted by molar-refractivity contribution is 5.96. The van der Waals surface area contributed by atoms with Crippen LogP contribution in [0, 0.1) is 17.8 Å². The predicted octanol–water partition coefficient (Wildman–Crippen LogP) is 2.53. The first-order valence-electron chi connectivity index (χ1n) is 34.6. The summed E-state index contributed by atoms with van der Waals surface area (Å²) in [4.78, 5) is 142. The third-order valence-corrected chi connectivity index (χ3v) is 17.7. The van der Waals surface area contributed by atoms with Crippen LogP contribution in [0.4, 0.5) is 0 Å². The van der Waals surface area contributed by atoms with Gasteiger partial charge in [-0.25, -0.2) is 9.59 Å². The number of carboxylic acids is 2. The summed E-state index contributed by atoms with van der Waals surface area (Å²) in [5.41, 5.74) is 3.41. The number of aromatic nitrogens is 6. The summed E-state index contributed by atoms with van der Waals surface area (Å²) in [7, 11) is 3.26. The highest BCUT2D eigenvalue weighted by Gasteiger charge is 2.36. The molecular formula is C73H97N15O14. The van der Waals surface area contributed by atoms with E-state index in [1.165, 1.54) is 9.80 Å². The smallest absolute Gasteiger partial charge is 0.326 e. The number of carbonyl (C=O) groups excluding carboxylic acids is 8. The van der Waals surface area contributed by atoms with E-state index in [1.807, 2.05) is 13.8 Å². The van der Waals surface area contributed by atoms with Crippen LogP contribution in [0.2, 0.25) is 0 Å². The van der Waals surface area contributed by atoms with Crippen LogP contribution in [0.3, 0.4) is 0 Å². The summed E-state index contributed by atoms with van der Waals surface area (Å²) in [5, 5.41) is 57.6. The number of rotatable bonds is 17.